The van der Waals surface area contributed by atoms with Crippen molar-refractivity contribution < 1.29 is 23.8 Å². The van der Waals surface area contributed by atoms with E-state index in [0.717, 1.165) is 67.0 Å². The molecule has 3 aromatic rings. The number of carbonyl (C=O) groups is 2. The van der Waals surface area contributed by atoms with Crippen LogP contribution in [0, 0.1) is 24.7 Å². The molecule has 222 valence electrons. The lowest BCUT2D eigenvalue weighted by molar-refractivity contribution is -0.144. The van der Waals surface area contributed by atoms with Crippen LogP contribution >= 0.6 is 0 Å². The van der Waals surface area contributed by atoms with E-state index in [4.69, 9.17) is 14.1 Å². The van der Waals surface area contributed by atoms with E-state index in [9.17, 15) is 14.7 Å². The number of nitrogens with zero attached hydrogens (tertiary/aromatic N) is 3. The molecule has 0 saturated heterocycles. The lowest BCUT2D eigenvalue weighted by Crippen LogP contribution is -2.42. The zero-order valence-corrected chi connectivity index (χ0v) is 24.6. The Kier molecular flexibility index (Phi) is 8.31. The fraction of sp³-hybridized carbons (Fsp3) is 0.529. The second-order valence-electron chi connectivity index (χ2n) is 12.5. The smallest absolute Gasteiger partial charge is 0.306 e. The predicted octanol–water partition coefficient (Wildman–Crippen LogP) is 7.13. The Bertz CT molecular complexity index is 1410. The standard InChI is InChI=1S/C34H41N3O5/c1-21-17-27(13-14-30(21)41-2)23-5-3-22(4-6-23)19-37(33(38)25-9-11-26(12-10-25)34(39)40)31-18-28(15-16-35-31)29-20-42-32(36-29)24-7-8-24/h13-18,20,22-26H,3-12,19H2,1-2H3,(H,39,40). The third-order valence-corrected chi connectivity index (χ3v) is 9.64. The van der Waals surface area contributed by atoms with Gasteiger partial charge in [-0.25, -0.2) is 9.97 Å². The molecule has 3 aliphatic rings. The Morgan fingerprint density at radius 3 is 2.33 bits per heavy atom. The van der Waals surface area contributed by atoms with Crippen molar-refractivity contribution in [3.63, 3.8) is 0 Å². The summed E-state index contributed by atoms with van der Waals surface area (Å²) >= 11 is 0. The zero-order chi connectivity index (χ0) is 29.2. The number of hydrogen-bond donors (Lipinski definition) is 1. The number of ether oxygens (including phenoxy) is 1. The van der Waals surface area contributed by atoms with Crippen LogP contribution in [0.4, 0.5) is 5.82 Å². The van der Waals surface area contributed by atoms with Crippen LogP contribution in [0.1, 0.15) is 93.1 Å². The first-order valence-electron chi connectivity index (χ1n) is 15.5. The summed E-state index contributed by atoms with van der Waals surface area (Å²) in [6.45, 7) is 2.71. The van der Waals surface area contributed by atoms with Crippen molar-refractivity contribution in [1.82, 2.24) is 9.97 Å². The molecule has 1 aromatic carbocycles. The van der Waals surface area contributed by atoms with Gasteiger partial charge in [-0.3, -0.25) is 14.5 Å². The number of methoxy groups -OCH3 is 1. The summed E-state index contributed by atoms with van der Waals surface area (Å²) < 4.78 is 11.2. The van der Waals surface area contributed by atoms with Crippen LogP contribution in [0.3, 0.4) is 0 Å². The number of aromatic nitrogens is 2. The number of hydrogen-bond acceptors (Lipinski definition) is 6. The first-order valence-corrected chi connectivity index (χ1v) is 15.5. The highest BCUT2D eigenvalue weighted by Gasteiger charge is 2.35. The van der Waals surface area contributed by atoms with Crippen LogP contribution in [0.15, 0.2) is 47.2 Å². The molecular weight excluding hydrogens is 530 g/mol. The van der Waals surface area contributed by atoms with Gasteiger partial charge in [0.25, 0.3) is 0 Å². The Balaban J connectivity index is 1.19. The number of carboxylic acid groups (broad SMARTS) is 1. The first-order chi connectivity index (χ1) is 20.4. The van der Waals surface area contributed by atoms with Crippen LogP contribution in [0.2, 0.25) is 0 Å². The SMILES string of the molecule is COc1ccc(C2CCC(CN(C(=O)C3CCC(C(=O)O)CC3)c3cc(-c4coc(C5CC5)n4)ccn3)CC2)cc1C. The van der Waals surface area contributed by atoms with Gasteiger partial charge >= 0.3 is 5.97 Å². The summed E-state index contributed by atoms with van der Waals surface area (Å²) in [7, 11) is 1.71. The summed E-state index contributed by atoms with van der Waals surface area (Å²) in [5, 5.41) is 9.47. The number of benzene rings is 1. The third kappa shape index (κ3) is 6.22. The van der Waals surface area contributed by atoms with Crippen LogP contribution in [0.25, 0.3) is 11.3 Å². The largest absolute Gasteiger partial charge is 0.496 e. The predicted molar refractivity (Wildman–Crippen MR) is 160 cm³/mol. The monoisotopic (exact) mass is 571 g/mol. The second-order valence-corrected chi connectivity index (χ2v) is 12.5. The van der Waals surface area contributed by atoms with Crippen LogP contribution in [-0.4, -0.2) is 40.6 Å². The molecule has 0 unspecified atom stereocenters. The average molecular weight is 572 g/mol. The summed E-state index contributed by atoms with van der Waals surface area (Å²) in [6, 6.07) is 10.4. The molecule has 1 amide bonds. The third-order valence-electron chi connectivity index (χ3n) is 9.64. The van der Waals surface area contributed by atoms with E-state index in [1.807, 2.05) is 17.0 Å². The minimum Gasteiger partial charge on any atom is -0.496 e. The number of pyridine rings is 1. The van der Waals surface area contributed by atoms with Crippen molar-refractivity contribution in [3.8, 4) is 17.0 Å². The molecule has 3 saturated carbocycles. The van der Waals surface area contributed by atoms with Crippen molar-refractivity contribution >= 4 is 17.7 Å². The summed E-state index contributed by atoms with van der Waals surface area (Å²) in [5.41, 5.74) is 4.18. The van der Waals surface area contributed by atoms with Crippen molar-refractivity contribution in [3.05, 3.63) is 59.8 Å². The lowest BCUT2D eigenvalue weighted by Gasteiger charge is -2.35. The quantitative estimate of drug-likeness (QED) is 0.291. The average Bonchev–Trinajstić information content (AvgIpc) is 3.75. The molecule has 3 fully saturated rings. The van der Waals surface area contributed by atoms with Crippen molar-refractivity contribution in [2.75, 3.05) is 18.6 Å². The summed E-state index contributed by atoms with van der Waals surface area (Å²) in [5.74, 6) is 2.43. The van der Waals surface area contributed by atoms with Gasteiger partial charge in [0.1, 0.15) is 23.5 Å². The van der Waals surface area contributed by atoms with E-state index in [1.165, 1.54) is 5.56 Å². The second kappa shape index (κ2) is 12.3. The van der Waals surface area contributed by atoms with E-state index in [1.54, 1.807) is 19.6 Å². The maximum Gasteiger partial charge on any atom is 0.306 e. The number of carboxylic acids is 1. The minimum absolute atomic E-state index is 0.0650. The van der Waals surface area contributed by atoms with Crippen LogP contribution in [0.5, 0.6) is 5.75 Å². The van der Waals surface area contributed by atoms with Gasteiger partial charge in [0, 0.05) is 30.1 Å². The van der Waals surface area contributed by atoms with Crippen molar-refractivity contribution in [1.29, 1.82) is 0 Å². The zero-order valence-electron chi connectivity index (χ0n) is 24.6. The first kappa shape index (κ1) is 28.4. The highest BCUT2D eigenvalue weighted by Crippen LogP contribution is 2.41. The molecule has 0 radical (unpaired) electrons. The van der Waals surface area contributed by atoms with Crippen molar-refractivity contribution in [2.45, 2.75) is 83.0 Å². The number of carbonyl (C=O) groups excluding carboxylic acids is 1. The van der Waals surface area contributed by atoms with E-state index in [-0.39, 0.29) is 17.7 Å². The molecule has 0 bridgehead atoms. The fourth-order valence-corrected chi connectivity index (χ4v) is 6.86. The molecule has 3 aliphatic carbocycles. The molecule has 8 heteroatoms. The molecule has 2 aromatic heterocycles. The van der Waals surface area contributed by atoms with Crippen LogP contribution in [-0.2, 0) is 9.59 Å². The number of aliphatic carboxylic acids is 1. The van der Waals surface area contributed by atoms with E-state index < -0.39 is 5.97 Å². The normalized spacial score (nSPS) is 24.2. The number of aryl methyl sites for hydroxylation is 1. The number of oxazole rings is 1. The summed E-state index contributed by atoms with van der Waals surface area (Å²) in [6.07, 6.45) is 12.2. The summed E-state index contributed by atoms with van der Waals surface area (Å²) in [4.78, 5) is 36.9. The maximum absolute atomic E-state index is 14.1. The Labute approximate surface area is 247 Å². The number of anilines is 1. The molecule has 2 heterocycles. The minimum atomic E-state index is -0.755. The molecule has 1 N–H and O–H groups in total. The Morgan fingerprint density at radius 2 is 1.67 bits per heavy atom. The number of rotatable bonds is 9. The van der Waals surface area contributed by atoms with Crippen LogP contribution < -0.4 is 9.64 Å². The van der Waals surface area contributed by atoms with Gasteiger partial charge in [-0.15, -0.1) is 0 Å². The number of amides is 1. The maximum atomic E-state index is 14.1. The van der Waals surface area contributed by atoms with E-state index >= 15 is 0 Å². The van der Waals surface area contributed by atoms with Gasteiger partial charge in [0.05, 0.1) is 13.0 Å². The fourth-order valence-electron chi connectivity index (χ4n) is 6.86. The van der Waals surface area contributed by atoms with Crippen molar-refractivity contribution in [2.24, 2.45) is 17.8 Å². The highest BCUT2D eigenvalue weighted by molar-refractivity contribution is 5.95. The van der Waals surface area contributed by atoms with Gasteiger partial charge in [0.15, 0.2) is 5.89 Å². The molecule has 0 atom stereocenters. The van der Waals surface area contributed by atoms with Gasteiger partial charge in [-0.05, 0) is 112 Å². The molecule has 0 spiro atoms. The van der Waals surface area contributed by atoms with Gasteiger partial charge in [-0.1, -0.05) is 12.1 Å². The molecule has 6 rings (SSSR count). The molecule has 0 aliphatic heterocycles. The lowest BCUT2D eigenvalue weighted by atomic mass is 9.78. The van der Waals surface area contributed by atoms with E-state index in [0.29, 0.717) is 55.8 Å². The van der Waals surface area contributed by atoms with Gasteiger partial charge in [-0.2, -0.15) is 0 Å². The Hall–Kier alpha value is -3.68. The molecule has 8 nitrogen and oxygen atoms in total. The highest BCUT2D eigenvalue weighted by atomic mass is 16.5. The van der Waals surface area contributed by atoms with E-state index in [2.05, 4.69) is 30.1 Å². The van der Waals surface area contributed by atoms with Gasteiger partial charge < -0.3 is 14.3 Å². The topological polar surface area (TPSA) is 106 Å². The molecule has 42 heavy (non-hydrogen) atoms. The Morgan fingerprint density at radius 1 is 0.952 bits per heavy atom. The molecular formula is C34H41N3O5. The van der Waals surface area contributed by atoms with Gasteiger partial charge in [0.2, 0.25) is 5.91 Å².